The number of alkyl halides is 1. The third kappa shape index (κ3) is 1.73. The third-order valence-electron chi connectivity index (χ3n) is 1.19. The predicted octanol–water partition coefficient (Wildman–Crippen LogP) is 1.00. The molecular formula is C6H8FNOS. The van der Waals surface area contributed by atoms with Crippen LogP contribution in [0, 0.1) is 0 Å². The largest absolute Gasteiger partial charge is 0.315 e. The first-order valence-electron chi connectivity index (χ1n) is 2.98. The lowest BCUT2D eigenvalue weighted by molar-refractivity contribution is -0.126. The fraction of sp³-hybridized carbons (Fsp3) is 0.500. The number of rotatable bonds is 2. The van der Waals surface area contributed by atoms with Crippen LogP contribution in [0.1, 0.15) is 0 Å². The molecule has 0 radical (unpaired) electrons. The minimum absolute atomic E-state index is 0.00912. The Morgan fingerprint density at radius 2 is 2.60 bits per heavy atom. The van der Waals surface area contributed by atoms with E-state index >= 15 is 0 Å². The second-order valence-electron chi connectivity index (χ2n) is 1.87. The summed E-state index contributed by atoms with van der Waals surface area (Å²) in [6.07, 6.45) is 1.62. The topological polar surface area (TPSA) is 20.3 Å². The minimum atomic E-state index is -0.471. The Labute approximate surface area is 63.1 Å². The highest BCUT2D eigenvalue weighted by Gasteiger charge is 2.12. The quantitative estimate of drug-likeness (QED) is 0.602. The smallest absolute Gasteiger partial charge is 0.236 e. The van der Waals surface area contributed by atoms with Gasteiger partial charge in [-0.1, -0.05) is 0 Å². The molecule has 1 amide bonds. The molecule has 0 N–H and O–H groups in total. The first-order chi connectivity index (χ1) is 4.84. The maximum absolute atomic E-state index is 11.7. The van der Waals surface area contributed by atoms with Crippen molar-refractivity contribution in [2.24, 2.45) is 0 Å². The van der Waals surface area contributed by atoms with Gasteiger partial charge in [0.2, 0.25) is 5.91 Å². The zero-order valence-electron chi connectivity index (χ0n) is 5.42. The Morgan fingerprint density at radius 1 is 1.80 bits per heavy atom. The molecule has 0 bridgehead atoms. The van der Waals surface area contributed by atoms with Crippen molar-refractivity contribution in [3.05, 3.63) is 11.6 Å². The molecule has 0 aromatic carbocycles. The van der Waals surface area contributed by atoms with Crippen LogP contribution >= 0.6 is 11.8 Å². The first kappa shape index (κ1) is 7.60. The van der Waals surface area contributed by atoms with Crippen LogP contribution in [0.5, 0.6) is 0 Å². The summed E-state index contributed by atoms with van der Waals surface area (Å²) in [5.41, 5.74) is 0. The summed E-state index contributed by atoms with van der Waals surface area (Å²) in [5.74, 6) is 0.432. The molecule has 0 aliphatic carbocycles. The van der Waals surface area contributed by atoms with E-state index in [1.165, 1.54) is 16.7 Å². The molecular weight excluding hydrogens is 153 g/mol. The van der Waals surface area contributed by atoms with Gasteiger partial charge in [0.25, 0.3) is 0 Å². The fourth-order valence-corrected chi connectivity index (χ4v) is 1.33. The molecule has 1 rings (SSSR count). The first-order valence-corrected chi connectivity index (χ1v) is 4.03. The van der Waals surface area contributed by atoms with Crippen LogP contribution < -0.4 is 0 Å². The van der Waals surface area contributed by atoms with Crippen molar-refractivity contribution in [1.29, 1.82) is 0 Å². The Bertz CT molecular complexity index is 160. The van der Waals surface area contributed by atoms with Crippen molar-refractivity contribution in [2.45, 2.75) is 0 Å². The summed E-state index contributed by atoms with van der Waals surface area (Å²) in [7, 11) is 0. The highest BCUT2D eigenvalue weighted by Crippen LogP contribution is 2.11. The fourth-order valence-electron chi connectivity index (χ4n) is 0.692. The second kappa shape index (κ2) is 3.61. The van der Waals surface area contributed by atoms with Crippen LogP contribution in [0.2, 0.25) is 0 Å². The van der Waals surface area contributed by atoms with Crippen LogP contribution in [0.4, 0.5) is 4.39 Å². The molecule has 0 atom stereocenters. The van der Waals surface area contributed by atoms with Gasteiger partial charge in [-0.15, -0.1) is 11.8 Å². The Balaban J connectivity index is 2.47. The lowest BCUT2D eigenvalue weighted by atomic mass is 10.5. The molecule has 0 aromatic rings. The molecule has 1 heterocycles. The van der Waals surface area contributed by atoms with Crippen LogP contribution in [0.3, 0.4) is 0 Å². The zero-order valence-corrected chi connectivity index (χ0v) is 6.23. The lowest BCUT2D eigenvalue weighted by Crippen LogP contribution is -2.30. The van der Waals surface area contributed by atoms with Gasteiger partial charge < -0.3 is 4.90 Å². The molecule has 2 nitrogen and oxygen atoms in total. The number of nitrogens with zero attached hydrogens (tertiary/aromatic N) is 1. The van der Waals surface area contributed by atoms with Gasteiger partial charge in [-0.2, -0.15) is 0 Å². The van der Waals surface area contributed by atoms with Crippen molar-refractivity contribution in [3.63, 3.8) is 0 Å². The number of hydrogen-bond donors (Lipinski definition) is 0. The third-order valence-corrected chi connectivity index (χ3v) is 1.92. The van der Waals surface area contributed by atoms with Crippen LogP contribution in [-0.2, 0) is 4.79 Å². The SMILES string of the molecule is O=C1CSC=CN1CCF. The number of carbonyl (C=O) groups is 1. The van der Waals surface area contributed by atoms with Gasteiger partial charge in [-0.05, 0) is 5.41 Å². The van der Waals surface area contributed by atoms with E-state index < -0.39 is 6.67 Å². The van der Waals surface area contributed by atoms with Crippen molar-refractivity contribution in [2.75, 3.05) is 19.0 Å². The summed E-state index contributed by atoms with van der Waals surface area (Å²) in [5, 5.41) is 1.80. The molecule has 0 aromatic heterocycles. The number of amides is 1. The van der Waals surface area contributed by atoms with Gasteiger partial charge in [-0.25, -0.2) is 4.39 Å². The molecule has 1 aliphatic rings. The second-order valence-corrected chi connectivity index (χ2v) is 2.77. The van der Waals surface area contributed by atoms with E-state index in [0.29, 0.717) is 5.75 Å². The number of hydrogen-bond acceptors (Lipinski definition) is 2. The average molecular weight is 161 g/mol. The predicted molar refractivity (Wildman–Crippen MR) is 39.3 cm³/mol. The maximum Gasteiger partial charge on any atom is 0.236 e. The molecule has 56 valence electrons. The lowest BCUT2D eigenvalue weighted by Gasteiger charge is -2.18. The van der Waals surface area contributed by atoms with Gasteiger partial charge in [0.05, 0.1) is 12.3 Å². The van der Waals surface area contributed by atoms with Crippen molar-refractivity contribution >= 4 is 17.7 Å². The summed E-state index contributed by atoms with van der Waals surface area (Å²) in [6.45, 7) is -0.281. The van der Waals surface area contributed by atoms with Crippen molar-refractivity contribution in [3.8, 4) is 0 Å². The van der Waals surface area contributed by atoms with Gasteiger partial charge in [0.1, 0.15) is 6.67 Å². The van der Waals surface area contributed by atoms with E-state index in [2.05, 4.69) is 0 Å². The standard InChI is InChI=1S/C6H8FNOS/c7-1-2-8-3-4-10-5-6(8)9/h3-4H,1-2,5H2. The summed E-state index contributed by atoms with van der Waals surface area (Å²) in [4.78, 5) is 12.3. The summed E-state index contributed by atoms with van der Waals surface area (Å²) in [6, 6.07) is 0. The zero-order chi connectivity index (χ0) is 7.40. The Morgan fingerprint density at radius 3 is 3.20 bits per heavy atom. The van der Waals surface area contributed by atoms with Gasteiger partial charge >= 0.3 is 0 Å². The molecule has 4 heteroatoms. The average Bonchev–Trinajstić information content (AvgIpc) is 1.94. The van der Waals surface area contributed by atoms with Crippen LogP contribution in [-0.4, -0.2) is 29.8 Å². The molecule has 0 saturated heterocycles. The normalized spacial score (nSPS) is 18.1. The maximum atomic E-state index is 11.7. The van der Waals surface area contributed by atoms with E-state index in [1.54, 1.807) is 11.6 Å². The van der Waals surface area contributed by atoms with E-state index in [-0.39, 0.29) is 12.5 Å². The summed E-state index contributed by atoms with van der Waals surface area (Å²) >= 11 is 1.44. The van der Waals surface area contributed by atoms with Gasteiger partial charge in [0.15, 0.2) is 0 Å². The summed E-state index contributed by atoms with van der Waals surface area (Å²) < 4.78 is 11.7. The molecule has 0 fully saturated rings. The number of carbonyl (C=O) groups excluding carboxylic acids is 1. The molecule has 0 spiro atoms. The minimum Gasteiger partial charge on any atom is -0.315 e. The van der Waals surface area contributed by atoms with E-state index in [1.807, 2.05) is 0 Å². The van der Waals surface area contributed by atoms with Crippen molar-refractivity contribution < 1.29 is 9.18 Å². The van der Waals surface area contributed by atoms with E-state index in [4.69, 9.17) is 0 Å². The molecule has 0 unspecified atom stereocenters. The van der Waals surface area contributed by atoms with Gasteiger partial charge in [-0.3, -0.25) is 4.79 Å². The monoisotopic (exact) mass is 161 g/mol. The molecule has 10 heavy (non-hydrogen) atoms. The van der Waals surface area contributed by atoms with E-state index in [9.17, 15) is 9.18 Å². The van der Waals surface area contributed by atoms with E-state index in [0.717, 1.165) is 0 Å². The highest BCUT2D eigenvalue weighted by atomic mass is 32.2. The Kier molecular flexibility index (Phi) is 2.74. The number of halogens is 1. The highest BCUT2D eigenvalue weighted by molar-refractivity contribution is 8.02. The molecule has 1 aliphatic heterocycles. The van der Waals surface area contributed by atoms with Gasteiger partial charge in [0, 0.05) is 6.20 Å². The van der Waals surface area contributed by atoms with Crippen molar-refractivity contribution in [1.82, 2.24) is 4.90 Å². The van der Waals surface area contributed by atoms with Crippen LogP contribution in [0.15, 0.2) is 11.6 Å². The number of thioether (sulfide) groups is 1. The van der Waals surface area contributed by atoms with Crippen LogP contribution in [0.25, 0.3) is 0 Å². The molecule has 0 saturated carbocycles. The Hall–Kier alpha value is -0.510.